The van der Waals surface area contributed by atoms with Gasteiger partial charge in [0.25, 0.3) is 0 Å². The molecule has 1 aliphatic heterocycles. The van der Waals surface area contributed by atoms with Gasteiger partial charge in [-0.3, -0.25) is 4.79 Å². The van der Waals surface area contributed by atoms with Crippen molar-refractivity contribution in [1.82, 2.24) is 10.2 Å². The fraction of sp³-hybridized carbons (Fsp3) is 0.467. The smallest absolute Gasteiger partial charge is 0.318 e. The first-order valence-electron chi connectivity index (χ1n) is 6.95. The maximum Gasteiger partial charge on any atom is 0.318 e. The Morgan fingerprint density at radius 3 is 2.76 bits per heavy atom. The molecule has 1 aliphatic rings. The van der Waals surface area contributed by atoms with Crippen molar-refractivity contribution in [1.29, 1.82) is 0 Å². The molecule has 2 amide bonds. The minimum absolute atomic E-state index is 0.133. The number of carbonyl (C=O) groups excluding carboxylic acids is 1. The van der Waals surface area contributed by atoms with E-state index in [0.717, 1.165) is 10.0 Å². The van der Waals surface area contributed by atoms with Gasteiger partial charge in [-0.05, 0) is 38.0 Å². The molecule has 1 fully saturated rings. The van der Waals surface area contributed by atoms with E-state index in [9.17, 15) is 9.59 Å². The molecule has 2 rings (SSSR count). The van der Waals surface area contributed by atoms with Crippen molar-refractivity contribution in [3.63, 3.8) is 0 Å². The maximum absolute atomic E-state index is 12.3. The third-order valence-corrected chi connectivity index (χ3v) is 4.51. The van der Waals surface area contributed by atoms with Gasteiger partial charge in [-0.15, -0.1) is 0 Å². The molecular formula is C15H19BrN2O3. The van der Waals surface area contributed by atoms with Crippen LogP contribution in [-0.4, -0.2) is 34.6 Å². The maximum atomic E-state index is 12.3. The molecule has 21 heavy (non-hydrogen) atoms. The summed E-state index contributed by atoms with van der Waals surface area (Å²) in [5.41, 5.74) is 0.999. The Morgan fingerprint density at radius 1 is 1.48 bits per heavy atom. The Hall–Kier alpha value is -1.56. The van der Waals surface area contributed by atoms with Crippen molar-refractivity contribution in [2.24, 2.45) is 5.92 Å². The number of carboxylic acids is 1. The first-order chi connectivity index (χ1) is 9.90. The summed E-state index contributed by atoms with van der Waals surface area (Å²) in [4.78, 5) is 25.0. The lowest BCUT2D eigenvalue weighted by atomic mass is 10.0. The number of nitrogens with one attached hydrogen (secondary N) is 1. The molecule has 6 heteroatoms. The third-order valence-electron chi connectivity index (χ3n) is 4.02. The lowest BCUT2D eigenvalue weighted by Gasteiger charge is -2.26. The van der Waals surface area contributed by atoms with E-state index >= 15 is 0 Å². The van der Waals surface area contributed by atoms with Gasteiger partial charge in [0.05, 0.1) is 12.0 Å². The number of nitrogens with zero attached hydrogens (tertiary/aromatic N) is 1. The number of hydrogen-bond acceptors (Lipinski definition) is 2. The van der Waals surface area contributed by atoms with Crippen molar-refractivity contribution in [2.75, 3.05) is 6.54 Å². The molecular weight excluding hydrogens is 336 g/mol. The van der Waals surface area contributed by atoms with Crippen LogP contribution in [0.5, 0.6) is 0 Å². The van der Waals surface area contributed by atoms with E-state index in [1.165, 1.54) is 0 Å². The summed E-state index contributed by atoms with van der Waals surface area (Å²) >= 11 is 3.41. The van der Waals surface area contributed by atoms with Crippen molar-refractivity contribution in [3.05, 3.63) is 34.3 Å². The van der Waals surface area contributed by atoms with E-state index < -0.39 is 11.9 Å². The van der Waals surface area contributed by atoms with Gasteiger partial charge in [0.1, 0.15) is 0 Å². The van der Waals surface area contributed by atoms with E-state index in [2.05, 4.69) is 21.2 Å². The number of rotatable bonds is 3. The van der Waals surface area contributed by atoms with Crippen LogP contribution in [0.25, 0.3) is 0 Å². The Bertz CT molecular complexity index is 549. The van der Waals surface area contributed by atoms with E-state index in [0.29, 0.717) is 13.0 Å². The summed E-state index contributed by atoms with van der Waals surface area (Å²) in [5.74, 6) is -1.31. The molecule has 3 unspecified atom stereocenters. The standard InChI is InChI=1S/C15H19BrN2O3/c1-9(11-4-3-5-12(16)8-11)17-15(21)18-7-6-13(10(18)2)14(19)20/h3-5,8-10,13H,6-7H2,1-2H3,(H,17,21)(H,19,20). The number of aliphatic carboxylic acids is 1. The zero-order chi connectivity index (χ0) is 15.6. The largest absolute Gasteiger partial charge is 0.481 e. The van der Waals surface area contributed by atoms with Gasteiger partial charge >= 0.3 is 12.0 Å². The van der Waals surface area contributed by atoms with Crippen molar-refractivity contribution in [3.8, 4) is 0 Å². The van der Waals surface area contributed by atoms with Gasteiger partial charge in [-0.2, -0.15) is 0 Å². The molecule has 2 N–H and O–H groups in total. The average Bonchev–Trinajstić information content (AvgIpc) is 2.80. The monoisotopic (exact) mass is 354 g/mol. The fourth-order valence-corrected chi connectivity index (χ4v) is 3.10. The van der Waals surface area contributed by atoms with Crippen LogP contribution in [-0.2, 0) is 4.79 Å². The van der Waals surface area contributed by atoms with Crippen LogP contribution < -0.4 is 5.32 Å². The molecule has 3 atom stereocenters. The molecule has 0 saturated carbocycles. The molecule has 0 spiro atoms. The highest BCUT2D eigenvalue weighted by molar-refractivity contribution is 9.10. The summed E-state index contributed by atoms with van der Waals surface area (Å²) in [6, 6.07) is 7.13. The van der Waals surface area contributed by atoms with Crippen LogP contribution in [0.4, 0.5) is 4.79 Å². The third kappa shape index (κ3) is 3.56. The summed E-state index contributed by atoms with van der Waals surface area (Å²) < 4.78 is 0.960. The van der Waals surface area contributed by atoms with Crippen LogP contribution in [0.1, 0.15) is 31.9 Å². The first kappa shape index (κ1) is 15.8. The van der Waals surface area contributed by atoms with Crippen LogP contribution in [0.15, 0.2) is 28.7 Å². The van der Waals surface area contributed by atoms with E-state index in [1.807, 2.05) is 31.2 Å². The zero-order valence-corrected chi connectivity index (χ0v) is 13.6. The average molecular weight is 355 g/mol. The molecule has 1 aromatic rings. The van der Waals surface area contributed by atoms with Crippen molar-refractivity contribution in [2.45, 2.75) is 32.4 Å². The number of likely N-dealkylation sites (tertiary alicyclic amines) is 1. The van der Waals surface area contributed by atoms with Crippen LogP contribution >= 0.6 is 15.9 Å². The second-order valence-electron chi connectivity index (χ2n) is 5.39. The Labute approximate surface area is 132 Å². The molecule has 1 aromatic carbocycles. The highest BCUT2D eigenvalue weighted by Crippen LogP contribution is 2.25. The lowest BCUT2D eigenvalue weighted by molar-refractivity contribution is -0.142. The summed E-state index contributed by atoms with van der Waals surface area (Å²) in [7, 11) is 0. The van der Waals surface area contributed by atoms with E-state index in [-0.39, 0.29) is 18.1 Å². The lowest BCUT2D eigenvalue weighted by Crippen LogP contribution is -2.44. The number of hydrogen-bond donors (Lipinski definition) is 2. The Balaban J connectivity index is 2.00. The topological polar surface area (TPSA) is 69.6 Å². The van der Waals surface area contributed by atoms with E-state index in [1.54, 1.807) is 11.8 Å². The number of urea groups is 1. The molecule has 5 nitrogen and oxygen atoms in total. The summed E-state index contributed by atoms with van der Waals surface area (Å²) in [6.45, 7) is 4.18. The molecule has 1 saturated heterocycles. The molecule has 114 valence electrons. The normalized spacial score (nSPS) is 22.9. The van der Waals surface area contributed by atoms with Gasteiger partial charge < -0.3 is 15.3 Å². The number of benzene rings is 1. The van der Waals surface area contributed by atoms with Gasteiger partial charge in [0.2, 0.25) is 0 Å². The molecule has 1 heterocycles. The van der Waals surface area contributed by atoms with Gasteiger partial charge in [-0.25, -0.2) is 4.79 Å². The molecule has 0 bridgehead atoms. The SMILES string of the molecule is CC(NC(=O)N1CCC(C(=O)O)C1C)c1cccc(Br)c1. The van der Waals surface area contributed by atoms with Crippen LogP contribution in [0.2, 0.25) is 0 Å². The van der Waals surface area contributed by atoms with Crippen LogP contribution in [0, 0.1) is 5.92 Å². The Morgan fingerprint density at radius 2 is 2.19 bits per heavy atom. The highest BCUT2D eigenvalue weighted by atomic mass is 79.9. The number of carboxylic acid groups (broad SMARTS) is 1. The Kier molecular flexibility index (Phi) is 4.88. The van der Waals surface area contributed by atoms with Gasteiger partial charge in [0.15, 0.2) is 0 Å². The molecule has 0 aromatic heterocycles. The second kappa shape index (κ2) is 6.47. The van der Waals surface area contributed by atoms with Gasteiger partial charge in [0, 0.05) is 17.1 Å². The minimum Gasteiger partial charge on any atom is -0.481 e. The first-order valence-corrected chi connectivity index (χ1v) is 7.75. The predicted molar refractivity (Wildman–Crippen MR) is 83.0 cm³/mol. The number of amides is 2. The van der Waals surface area contributed by atoms with Crippen molar-refractivity contribution >= 4 is 27.9 Å². The second-order valence-corrected chi connectivity index (χ2v) is 6.31. The van der Waals surface area contributed by atoms with Crippen molar-refractivity contribution < 1.29 is 14.7 Å². The summed E-state index contributed by atoms with van der Waals surface area (Å²) in [6.07, 6.45) is 0.509. The quantitative estimate of drug-likeness (QED) is 0.876. The predicted octanol–water partition coefficient (Wildman–Crippen LogP) is 3.01. The van der Waals surface area contributed by atoms with Gasteiger partial charge in [-0.1, -0.05) is 28.1 Å². The van der Waals surface area contributed by atoms with E-state index in [4.69, 9.17) is 5.11 Å². The fourth-order valence-electron chi connectivity index (χ4n) is 2.68. The van der Waals surface area contributed by atoms with Crippen LogP contribution in [0.3, 0.4) is 0 Å². The molecule has 0 radical (unpaired) electrons. The minimum atomic E-state index is -0.835. The number of carbonyl (C=O) groups is 2. The highest BCUT2D eigenvalue weighted by Gasteiger charge is 2.38. The summed E-state index contributed by atoms with van der Waals surface area (Å²) in [5, 5.41) is 12.0. The number of halogens is 1. The zero-order valence-electron chi connectivity index (χ0n) is 12.0. The molecule has 0 aliphatic carbocycles.